The average molecular weight is 679 g/mol. The fourth-order valence-corrected chi connectivity index (χ4v) is 8.86. The smallest absolute Gasteiger partial charge is 0.164 e. The van der Waals surface area contributed by atoms with Gasteiger partial charge in [-0.25, -0.2) is 15.0 Å². The zero-order valence-electron chi connectivity index (χ0n) is 29.1. The number of hydrogen-bond acceptors (Lipinski definition) is 3. The first kappa shape index (κ1) is 30.0. The van der Waals surface area contributed by atoms with Gasteiger partial charge in [-0.3, -0.25) is 0 Å². The summed E-state index contributed by atoms with van der Waals surface area (Å²) < 4.78 is 2.52. The Morgan fingerprint density at radius 3 is 1.85 bits per heavy atom. The summed E-state index contributed by atoms with van der Waals surface area (Å²) in [6, 6.07) is 52.0. The minimum absolute atomic E-state index is 0.0349. The molecule has 0 spiro atoms. The van der Waals surface area contributed by atoms with Gasteiger partial charge in [-0.2, -0.15) is 0 Å². The molecule has 2 aliphatic carbocycles. The second kappa shape index (κ2) is 12.0. The number of benzene rings is 7. The van der Waals surface area contributed by atoms with Gasteiger partial charge >= 0.3 is 0 Å². The number of rotatable bonds is 4. The maximum Gasteiger partial charge on any atom is 0.164 e. The number of fused-ring (bicyclic) bond motifs is 8. The van der Waals surface area contributed by atoms with Gasteiger partial charge in [0.1, 0.15) is 5.82 Å². The fraction of sp³-hybridized carbons (Fsp3) is 0.0816. The van der Waals surface area contributed by atoms with E-state index in [2.05, 4.69) is 162 Å². The van der Waals surface area contributed by atoms with Crippen molar-refractivity contribution in [1.29, 1.82) is 0 Å². The largest absolute Gasteiger partial charge is 0.309 e. The Hall–Kier alpha value is -6.65. The van der Waals surface area contributed by atoms with Crippen molar-refractivity contribution >= 4 is 59.8 Å². The molecule has 1 unspecified atom stereocenters. The van der Waals surface area contributed by atoms with Gasteiger partial charge in [0, 0.05) is 33.5 Å². The van der Waals surface area contributed by atoms with Crippen molar-refractivity contribution in [3.8, 4) is 22.8 Å². The molecular weight excluding hydrogens is 645 g/mol. The molecule has 9 aromatic rings. The minimum Gasteiger partial charge on any atom is -0.309 e. The summed E-state index contributed by atoms with van der Waals surface area (Å²) in [6.07, 6.45) is 9.88. The zero-order valence-corrected chi connectivity index (χ0v) is 29.1. The molecule has 2 aromatic heterocycles. The van der Waals surface area contributed by atoms with Crippen LogP contribution in [0.5, 0.6) is 0 Å². The van der Waals surface area contributed by atoms with Crippen LogP contribution in [0.4, 0.5) is 0 Å². The van der Waals surface area contributed by atoms with Crippen LogP contribution in [0, 0.1) is 0 Å². The molecule has 7 aromatic carbocycles. The van der Waals surface area contributed by atoms with Gasteiger partial charge in [0.15, 0.2) is 11.6 Å². The van der Waals surface area contributed by atoms with Crippen molar-refractivity contribution in [1.82, 2.24) is 19.5 Å². The van der Waals surface area contributed by atoms with E-state index in [1.54, 1.807) is 0 Å². The van der Waals surface area contributed by atoms with Crippen LogP contribution in [0.2, 0.25) is 0 Å². The van der Waals surface area contributed by atoms with Crippen molar-refractivity contribution in [2.45, 2.75) is 25.2 Å². The first-order valence-electron chi connectivity index (χ1n) is 18.5. The van der Waals surface area contributed by atoms with Gasteiger partial charge in [-0.05, 0) is 74.9 Å². The van der Waals surface area contributed by atoms with Crippen LogP contribution in [-0.4, -0.2) is 19.5 Å². The fourth-order valence-electron chi connectivity index (χ4n) is 8.86. The second-order valence-corrected chi connectivity index (χ2v) is 14.2. The van der Waals surface area contributed by atoms with Crippen LogP contribution in [-0.2, 0) is 0 Å². The van der Waals surface area contributed by atoms with Crippen LogP contribution < -0.4 is 0 Å². The molecule has 0 radical (unpaired) electrons. The minimum atomic E-state index is 0.0349. The Kier molecular flexibility index (Phi) is 6.78. The third kappa shape index (κ3) is 4.72. The number of aromatic nitrogens is 4. The van der Waals surface area contributed by atoms with Crippen LogP contribution in [0.15, 0.2) is 175 Å². The normalized spacial score (nSPS) is 15.8. The molecule has 2 aliphatic rings. The van der Waals surface area contributed by atoms with Gasteiger partial charge in [0.2, 0.25) is 0 Å². The highest BCUT2D eigenvalue weighted by molar-refractivity contribution is 6.29. The zero-order chi connectivity index (χ0) is 34.9. The molecule has 0 fully saturated rings. The maximum atomic E-state index is 5.33. The van der Waals surface area contributed by atoms with Gasteiger partial charge in [0.25, 0.3) is 0 Å². The third-order valence-electron chi connectivity index (χ3n) is 11.3. The number of hydrogen-bond donors (Lipinski definition) is 0. The van der Waals surface area contributed by atoms with E-state index in [0.717, 1.165) is 47.4 Å². The molecule has 0 aliphatic heterocycles. The summed E-state index contributed by atoms with van der Waals surface area (Å²) in [4.78, 5) is 15.7. The van der Waals surface area contributed by atoms with E-state index in [9.17, 15) is 0 Å². The average Bonchev–Trinajstić information content (AvgIpc) is 3.58. The van der Waals surface area contributed by atoms with Crippen LogP contribution in [0.25, 0.3) is 82.6 Å². The Balaban J connectivity index is 1.13. The molecule has 0 saturated carbocycles. The van der Waals surface area contributed by atoms with Gasteiger partial charge in [-0.1, -0.05) is 152 Å². The Morgan fingerprint density at radius 1 is 0.528 bits per heavy atom. The Morgan fingerprint density at radius 2 is 1.13 bits per heavy atom. The first-order chi connectivity index (χ1) is 26.3. The molecule has 2 heterocycles. The highest BCUT2D eigenvalue weighted by Crippen LogP contribution is 2.47. The van der Waals surface area contributed by atoms with Gasteiger partial charge < -0.3 is 4.57 Å². The summed E-state index contributed by atoms with van der Waals surface area (Å²) >= 11 is 0. The van der Waals surface area contributed by atoms with Crippen molar-refractivity contribution in [3.63, 3.8) is 0 Å². The highest BCUT2D eigenvalue weighted by Gasteiger charge is 2.31. The number of nitrogens with zero attached hydrogens (tertiary/aromatic N) is 4. The van der Waals surface area contributed by atoms with Gasteiger partial charge in [0.05, 0.1) is 11.0 Å². The maximum absolute atomic E-state index is 5.33. The molecule has 0 amide bonds. The van der Waals surface area contributed by atoms with E-state index >= 15 is 0 Å². The quantitative estimate of drug-likeness (QED) is 0.186. The molecule has 0 bridgehead atoms. The summed E-state index contributed by atoms with van der Waals surface area (Å²) in [5, 5.41) is 10.0. The molecular formula is C49H34N4. The summed E-state index contributed by atoms with van der Waals surface area (Å²) in [6.45, 7) is 0. The molecule has 4 nitrogen and oxygen atoms in total. The van der Waals surface area contributed by atoms with E-state index in [4.69, 9.17) is 15.0 Å². The summed E-state index contributed by atoms with van der Waals surface area (Å²) in [5.41, 5.74) is 8.40. The SMILES string of the molecule is C1=CC2=C(CC1)C(c1nc(-c3ccccc3)nc(-c3cccc4ccccc34)n1)CC=C2n1c2ccc3ccccc3c2c2c3ccccc3ccc21. The van der Waals surface area contributed by atoms with Crippen molar-refractivity contribution in [2.24, 2.45) is 0 Å². The summed E-state index contributed by atoms with van der Waals surface area (Å²) in [7, 11) is 0. The molecule has 53 heavy (non-hydrogen) atoms. The van der Waals surface area contributed by atoms with Crippen LogP contribution in [0.3, 0.4) is 0 Å². The van der Waals surface area contributed by atoms with E-state index in [1.807, 2.05) is 6.07 Å². The van der Waals surface area contributed by atoms with Gasteiger partial charge in [-0.15, -0.1) is 0 Å². The topological polar surface area (TPSA) is 43.6 Å². The molecule has 1 atom stereocenters. The lowest BCUT2D eigenvalue weighted by Gasteiger charge is -2.30. The van der Waals surface area contributed by atoms with E-state index < -0.39 is 0 Å². The monoisotopic (exact) mass is 678 g/mol. The van der Waals surface area contributed by atoms with E-state index in [-0.39, 0.29) is 5.92 Å². The van der Waals surface area contributed by atoms with E-state index in [1.165, 1.54) is 65.6 Å². The lowest BCUT2D eigenvalue weighted by atomic mass is 9.79. The van der Waals surface area contributed by atoms with Crippen LogP contribution in [0.1, 0.15) is 31.0 Å². The standard InChI is InChI=1S/C49H34N4/c1-2-16-34(17-3-1)47-50-48(40-24-12-18-31-13-4-7-19-35(31)40)52-49(51-47)41-27-30-42(39-23-11-10-22-38(39)41)53-43-28-25-32-14-5-8-20-36(32)45(43)46-37-21-9-6-15-33(37)26-29-44(46)53/h1-9,11-21,23-26,28-30,41H,10,22,27H2. The lowest BCUT2D eigenvalue weighted by Crippen LogP contribution is -2.17. The van der Waals surface area contributed by atoms with Crippen LogP contribution >= 0.6 is 0 Å². The van der Waals surface area contributed by atoms with Crippen molar-refractivity contribution < 1.29 is 0 Å². The predicted octanol–water partition coefficient (Wildman–Crippen LogP) is 12.4. The second-order valence-electron chi connectivity index (χ2n) is 14.2. The predicted molar refractivity (Wildman–Crippen MR) is 220 cm³/mol. The number of allylic oxidation sites excluding steroid dienone is 6. The first-order valence-corrected chi connectivity index (χ1v) is 18.5. The van der Waals surface area contributed by atoms with Crippen molar-refractivity contribution in [2.75, 3.05) is 0 Å². The Labute approximate surface area is 307 Å². The van der Waals surface area contributed by atoms with Crippen molar-refractivity contribution in [3.05, 3.63) is 181 Å². The molecule has 4 heteroatoms. The third-order valence-corrected chi connectivity index (χ3v) is 11.3. The molecule has 250 valence electrons. The molecule has 0 N–H and O–H groups in total. The Bertz CT molecular complexity index is 2940. The lowest BCUT2D eigenvalue weighted by molar-refractivity contribution is 0.678. The van der Waals surface area contributed by atoms with E-state index in [0.29, 0.717) is 5.82 Å². The molecule has 0 saturated heterocycles. The molecule has 11 rings (SSSR count). The highest BCUT2D eigenvalue weighted by atomic mass is 15.0. The summed E-state index contributed by atoms with van der Waals surface area (Å²) in [5.74, 6) is 2.30.